The van der Waals surface area contributed by atoms with E-state index in [0.717, 1.165) is 9.20 Å². The topological polar surface area (TPSA) is 75.7 Å². The van der Waals surface area contributed by atoms with E-state index in [9.17, 15) is 13.2 Å². The van der Waals surface area contributed by atoms with Gasteiger partial charge in [0.15, 0.2) is 0 Å². The zero-order valence-electron chi connectivity index (χ0n) is 16.9. The highest BCUT2D eigenvalue weighted by molar-refractivity contribution is 9.10. The van der Waals surface area contributed by atoms with Gasteiger partial charge in [-0.3, -0.25) is 9.10 Å². The lowest BCUT2D eigenvalue weighted by Gasteiger charge is -2.25. The van der Waals surface area contributed by atoms with Crippen LogP contribution in [0.15, 0.2) is 87.1 Å². The molecule has 6 nitrogen and oxygen atoms in total. The van der Waals surface area contributed by atoms with Crippen molar-refractivity contribution in [2.24, 2.45) is 0 Å². The van der Waals surface area contributed by atoms with E-state index < -0.39 is 22.5 Å². The summed E-state index contributed by atoms with van der Waals surface area (Å²) in [4.78, 5) is 13.7. The summed E-state index contributed by atoms with van der Waals surface area (Å²) in [5.41, 5.74) is 1.00. The van der Waals surface area contributed by atoms with Crippen molar-refractivity contribution in [2.75, 3.05) is 29.5 Å². The molecule has 1 amide bonds. The summed E-state index contributed by atoms with van der Waals surface area (Å²) in [6, 6.07) is 20.6. The molecule has 0 aliphatic carbocycles. The van der Waals surface area contributed by atoms with E-state index in [1.54, 1.807) is 48.5 Å². The molecule has 3 rings (SSSR count). The summed E-state index contributed by atoms with van der Waals surface area (Å²) in [5, 5.41) is 2.82. The third-order valence-corrected chi connectivity index (χ3v) is 7.49. The van der Waals surface area contributed by atoms with Crippen molar-refractivity contribution in [3.05, 3.63) is 77.3 Å². The number of rotatable bonds is 8. The van der Waals surface area contributed by atoms with Crippen LogP contribution in [-0.2, 0) is 14.8 Å². The number of carbonyl (C=O) groups is 1. The second kappa shape index (κ2) is 10.2. The Morgan fingerprint density at radius 1 is 1.06 bits per heavy atom. The molecule has 0 heterocycles. The molecule has 1 N–H and O–H groups in total. The lowest BCUT2D eigenvalue weighted by Crippen LogP contribution is -2.38. The Labute approximate surface area is 194 Å². The number of thioether (sulfide) groups is 1. The first-order chi connectivity index (χ1) is 14.9. The van der Waals surface area contributed by atoms with Crippen LogP contribution in [-0.4, -0.2) is 34.2 Å². The van der Waals surface area contributed by atoms with Crippen LogP contribution in [0.4, 0.5) is 11.4 Å². The average Bonchev–Trinajstić information content (AvgIpc) is 2.78. The monoisotopic (exact) mass is 520 g/mol. The molecule has 0 atom stereocenters. The molecule has 0 fully saturated rings. The number of amides is 1. The van der Waals surface area contributed by atoms with Crippen LogP contribution in [0.25, 0.3) is 0 Å². The first-order valence-electron chi connectivity index (χ1n) is 9.21. The number of ether oxygens (including phenoxy) is 1. The largest absolute Gasteiger partial charge is 0.495 e. The van der Waals surface area contributed by atoms with Crippen LogP contribution >= 0.6 is 27.7 Å². The molecule has 3 aromatic carbocycles. The third-order valence-electron chi connectivity index (χ3n) is 4.41. The van der Waals surface area contributed by atoms with E-state index in [4.69, 9.17) is 4.74 Å². The molecule has 0 unspecified atom stereocenters. The van der Waals surface area contributed by atoms with Gasteiger partial charge in [0.2, 0.25) is 5.91 Å². The van der Waals surface area contributed by atoms with Gasteiger partial charge in [0.25, 0.3) is 10.0 Å². The number of benzene rings is 3. The Balaban J connectivity index is 2.00. The molecule has 0 aromatic heterocycles. The first kappa shape index (κ1) is 23.2. The summed E-state index contributed by atoms with van der Waals surface area (Å²) in [5.74, 6) is -0.264. The first-order valence-corrected chi connectivity index (χ1v) is 12.7. The highest BCUT2D eigenvalue weighted by Crippen LogP contribution is 2.32. The van der Waals surface area contributed by atoms with Gasteiger partial charge in [0, 0.05) is 9.37 Å². The molecule has 0 aliphatic rings. The molecule has 0 radical (unpaired) electrons. The Morgan fingerprint density at radius 2 is 1.74 bits per heavy atom. The second-order valence-corrected chi connectivity index (χ2v) is 9.99. The van der Waals surface area contributed by atoms with Crippen molar-refractivity contribution in [1.82, 2.24) is 0 Å². The van der Waals surface area contributed by atoms with Crippen LogP contribution in [0.3, 0.4) is 0 Å². The average molecular weight is 521 g/mol. The summed E-state index contributed by atoms with van der Waals surface area (Å²) < 4.78 is 34.2. The van der Waals surface area contributed by atoms with Crippen LogP contribution < -0.4 is 14.4 Å². The summed E-state index contributed by atoms with van der Waals surface area (Å²) in [7, 11) is -2.71. The second-order valence-electron chi connectivity index (χ2n) is 6.39. The number of nitrogens with zero attached hydrogens (tertiary/aromatic N) is 1. The summed E-state index contributed by atoms with van der Waals surface area (Å²) in [6.07, 6.45) is 1.91. The van der Waals surface area contributed by atoms with Crippen LogP contribution in [0.1, 0.15) is 0 Å². The summed E-state index contributed by atoms with van der Waals surface area (Å²) in [6.45, 7) is -0.398. The number of anilines is 2. The summed E-state index contributed by atoms with van der Waals surface area (Å²) >= 11 is 4.81. The lowest BCUT2D eigenvalue weighted by molar-refractivity contribution is -0.114. The van der Waals surface area contributed by atoms with E-state index in [-0.39, 0.29) is 10.6 Å². The molecule has 0 saturated heterocycles. The van der Waals surface area contributed by atoms with Gasteiger partial charge < -0.3 is 10.1 Å². The predicted molar refractivity (Wildman–Crippen MR) is 129 cm³/mol. The van der Waals surface area contributed by atoms with E-state index in [2.05, 4.69) is 21.2 Å². The fraction of sp³-hybridized carbons (Fsp3) is 0.136. The molecule has 0 saturated carbocycles. The number of nitrogens with one attached hydrogen (secondary N) is 1. The lowest BCUT2D eigenvalue weighted by atomic mass is 10.3. The van der Waals surface area contributed by atoms with Crippen molar-refractivity contribution >= 4 is 55.0 Å². The number of sulfonamides is 1. The van der Waals surface area contributed by atoms with Crippen molar-refractivity contribution < 1.29 is 17.9 Å². The van der Waals surface area contributed by atoms with Crippen molar-refractivity contribution in [3.63, 3.8) is 0 Å². The normalized spacial score (nSPS) is 11.1. The van der Waals surface area contributed by atoms with Crippen LogP contribution in [0.5, 0.6) is 5.75 Å². The predicted octanol–water partition coefficient (Wildman–Crippen LogP) is 5.01. The number of methoxy groups -OCH3 is 1. The van der Waals surface area contributed by atoms with Gasteiger partial charge >= 0.3 is 0 Å². The molecular formula is C22H21BrN2O4S2. The van der Waals surface area contributed by atoms with E-state index in [1.807, 2.05) is 24.5 Å². The number of para-hydroxylation sites is 2. The molecule has 31 heavy (non-hydrogen) atoms. The number of carbonyl (C=O) groups excluding carboxylic acids is 1. The quantitative estimate of drug-likeness (QED) is 0.422. The fourth-order valence-corrected chi connectivity index (χ4v) is 5.62. The Morgan fingerprint density at radius 3 is 2.42 bits per heavy atom. The molecular weight excluding hydrogens is 500 g/mol. The highest BCUT2D eigenvalue weighted by atomic mass is 79.9. The SMILES string of the molecule is COc1ccc(Br)cc1S(=O)(=O)N(CC(=O)Nc1ccccc1SC)c1ccccc1. The van der Waals surface area contributed by atoms with E-state index in [0.29, 0.717) is 15.8 Å². The van der Waals surface area contributed by atoms with Crippen molar-refractivity contribution in [2.45, 2.75) is 9.79 Å². The Bertz CT molecular complexity index is 1170. The van der Waals surface area contributed by atoms with Gasteiger partial charge in [0.1, 0.15) is 17.2 Å². The molecule has 162 valence electrons. The number of halogens is 1. The third kappa shape index (κ3) is 5.41. The van der Waals surface area contributed by atoms with Gasteiger partial charge in [-0.05, 0) is 48.7 Å². The van der Waals surface area contributed by atoms with Gasteiger partial charge in [0.05, 0.1) is 18.5 Å². The Kier molecular flexibility index (Phi) is 7.64. The van der Waals surface area contributed by atoms with E-state index in [1.165, 1.54) is 24.9 Å². The standard InChI is InChI=1S/C22H21BrN2O4S2/c1-29-19-13-12-16(23)14-21(19)31(27,28)25(17-8-4-3-5-9-17)15-22(26)24-18-10-6-7-11-20(18)30-2/h3-14H,15H2,1-2H3,(H,24,26). The number of hydrogen-bond donors (Lipinski definition) is 1. The van der Waals surface area contributed by atoms with E-state index >= 15 is 0 Å². The minimum Gasteiger partial charge on any atom is -0.495 e. The van der Waals surface area contributed by atoms with Crippen LogP contribution in [0, 0.1) is 0 Å². The minimum absolute atomic E-state index is 0.0365. The smallest absolute Gasteiger partial charge is 0.268 e. The van der Waals surface area contributed by atoms with Crippen LogP contribution in [0.2, 0.25) is 0 Å². The maximum Gasteiger partial charge on any atom is 0.268 e. The van der Waals surface area contributed by atoms with Gasteiger partial charge in [-0.25, -0.2) is 8.42 Å². The molecule has 0 bridgehead atoms. The molecule has 3 aromatic rings. The zero-order valence-corrected chi connectivity index (χ0v) is 20.1. The molecule has 0 aliphatic heterocycles. The number of hydrogen-bond acceptors (Lipinski definition) is 5. The maximum absolute atomic E-state index is 13.6. The fourth-order valence-electron chi connectivity index (χ4n) is 2.95. The van der Waals surface area contributed by atoms with Gasteiger partial charge in [-0.2, -0.15) is 0 Å². The molecule has 0 spiro atoms. The minimum atomic E-state index is -4.11. The Hall–Kier alpha value is -2.49. The van der Waals surface area contributed by atoms with Gasteiger partial charge in [-0.15, -0.1) is 11.8 Å². The molecule has 9 heteroatoms. The zero-order chi connectivity index (χ0) is 22.4. The van der Waals surface area contributed by atoms with Crippen molar-refractivity contribution in [3.8, 4) is 5.75 Å². The maximum atomic E-state index is 13.6. The van der Waals surface area contributed by atoms with Gasteiger partial charge in [-0.1, -0.05) is 46.3 Å². The van der Waals surface area contributed by atoms with Crippen molar-refractivity contribution in [1.29, 1.82) is 0 Å². The highest BCUT2D eigenvalue weighted by Gasteiger charge is 2.30.